The first kappa shape index (κ1) is 18.8. The fourth-order valence-corrected chi connectivity index (χ4v) is 4.76. The number of aromatic nitrogens is 1. The molecule has 1 fully saturated rings. The van der Waals surface area contributed by atoms with Gasteiger partial charge in [0.1, 0.15) is 10.6 Å². The van der Waals surface area contributed by atoms with Crippen molar-refractivity contribution < 1.29 is 13.2 Å². The summed E-state index contributed by atoms with van der Waals surface area (Å²) in [5.41, 5.74) is 2.96. The van der Waals surface area contributed by atoms with Crippen LogP contribution in [0.15, 0.2) is 41.4 Å². The highest BCUT2D eigenvalue weighted by Gasteiger charge is 2.31. The van der Waals surface area contributed by atoms with Crippen molar-refractivity contribution in [2.75, 3.05) is 33.3 Å². The predicted molar refractivity (Wildman–Crippen MR) is 101 cm³/mol. The summed E-state index contributed by atoms with van der Waals surface area (Å²) in [6.45, 7) is 6.90. The lowest BCUT2D eigenvalue weighted by Crippen LogP contribution is -2.48. The quantitative estimate of drug-likeness (QED) is 0.802. The van der Waals surface area contributed by atoms with Gasteiger partial charge in [-0.2, -0.15) is 4.31 Å². The van der Waals surface area contributed by atoms with Gasteiger partial charge in [0.05, 0.1) is 12.8 Å². The Balaban J connectivity index is 1.73. The van der Waals surface area contributed by atoms with E-state index in [1.54, 1.807) is 22.6 Å². The molecular formula is C19H25N3O3S. The lowest BCUT2D eigenvalue weighted by atomic mass is 10.1. The number of nitrogens with zero attached hydrogens (tertiary/aromatic N) is 3. The van der Waals surface area contributed by atoms with Crippen LogP contribution in [0.4, 0.5) is 0 Å². The molecule has 0 atom stereocenters. The van der Waals surface area contributed by atoms with Crippen molar-refractivity contribution in [3.63, 3.8) is 0 Å². The summed E-state index contributed by atoms with van der Waals surface area (Å²) in [7, 11) is -2.07. The maximum Gasteiger partial charge on any atom is 0.246 e. The zero-order valence-corrected chi connectivity index (χ0v) is 16.3. The number of pyridine rings is 1. The van der Waals surface area contributed by atoms with E-state index in [9.17, 15) is 8.42 Å². The Labute approximate surface area is 155 Å². The van der Waals surface area contributed by atoms with Crippen LogP contribution < -0.4 is 4.74 Å². The molecule has 0 amide bonds. The van der Waals surface area contributed by atoms with Gasteiger partial charge in [-0.05, 0) is 49.2 Å². The molecular weight excluding hydrogens is 350 g/mol. The van der Waals surface area contributed by atoms with Crippen molar-refractivity contribution in [1.29, 1.82) is 0 Å². The monoisotopic (exact) mass is 375 g/mol. The zero-order chi connectivity index (χ0) is 18.7. The Hall–Kier alpha value is -1.96. The molecule has 0 N–H and O–H groups in total. The SMILES string of the molecule is COc1cc(C)c(C)cc1S(=O)(=O)N1CCN(Cc2ccccn2)CC1. The van der Waals surface area contributed by atoms with E-state index in [-0.39, 0.29) is 4.90 Å². The van der Waals surface area contributed by atoms with E-state index in [1.165, 1.54) is 7.11 Å². The molecule has 0 unspecified atom stereocenters. The minimum absolute atomic E-state index is 0.251. The summed E-state index contributed by atoms with van der Waals surface area (Å²) >= 11 is 0. The average Bonchev–Trinajstić information content (AvgIpc) is 2.65. The van der Waals surface area contributed by atoms with Crippen LogP contribution >= 0.6 is 0 Å². The number of hydrogen-bond acceptors (Lipinski definition) is 5. The molecule has 0 aliphatic carbocycles. The van der Waals surface area contributed by atoms with Crippen molar-refractivity contribution in [2.45, 2.75) is 25.3 Å². The summed E-state index contributed by atoms with van der Waals surface area (Å²) in [5, 5.41) is 0. The van der Waals surface area contributed by atoms with Gasteiger partial charge in [-0.15, -0.1) is 0 Å². The van der Waals surface area contributed by atoms with Gasteiger partial charge in [-0.25, -0.2) is 8.42 Å². The lowest BCUT2D eigenvalue weighted by molar-refractivity contribution is 0.179. The summed E-state index contributed by atoms with van der Waals surface area (Å²) in [6, 6.07) is 9.35. The Morgan fingerprint density at radius 2 is 1.77 bits per heavy atom. The topological polar surface area (TPSA) is 62.7 Å². The molecule has 1 aliphatic rings. The minimum atomic E-state index is -3.57. The lowest BCUT2D eigenvalue weighted by Gasteiger charge is -2.34. The second kappa shape index (κ2) is 7.73. The van der Waals surface area contributed by atoms with Gasteiger partial charge in [0, 0.05) is 38.9 Å². The summed E-state index contributed by atoms with van der Waals surface area (Å²) in [5.74, 6) is 0.406. The number of rotatable bonds is 5. The van der Waals surface area contributed by atoms with Gasteiger partial charge in [-0.3, -0.25) is 9.88 Å². The molecule has 1 aliphatic heterocycles. The Morgan fingerprint density at radius 3 is 2.38 bits per heavy atom. The highest BCUT2D eigenvalue weighted by molar-refractivity contribution is 7.89. The van der Waals surface area contributed by atoms with Gasteiger partial charge in [0.2, 0.25) is 10.0 Å². The number of aryl methyl sites for hydroxylation is 2. The van der Waals surface area contributed by atoms with Gasteiger partial charge < -0.3 is 4.74 Å². The number of benzene rings is 1. The van der Waals surface area contributed by atoms with Crippen molar-refractivity contribution in [3.8, 4) is 5.75 Å². The Morgan fingerprint density at radius 1 is 1.08 bits per heavy atom. The number of piperazine rings is 1. The van der Waals surface area contributed by atoms with Gasteiger partial charge in [-0.1, -0.05) is 6.07 Å². The number of ether oxygens (including phenoxy) is 1. The summed E-state index contributed by atoms with van der Waals surface area (Å²) in [6.07, 6.45) is 1.78. The molecule has 2 heterocycles. The molecule has 2 aromatic rings. The van der Waals surface area contributed by atoms with Gasteiger partial charge in [0.15, 0.2) is 0 Å². The van der Waals surface area contributed by atoms with Crippen LogP contribution in [0.25, 0.3) is 0 Å². The minimum Gasteiger partial charge on any atom is -0.495 e. The number of hydrogen-bond donors (Lipinski definition) is 0. The van der Waals surface area contributed by atoms with Crippen LogP contribution in [-0.2, 0) is 16.6 Å². The molecule has 1 aromatic heterocycles. The highest BCUT2D eigenvalue weighted by Crippen LogP contribution is 2.30. The van der Waals surface area contributed by atoms with Crippen molar-refractivity contribution in [2.24, 2.45) is 0 Å². The molecule has 7 heteroatoms. The predicted octanol–water partition coefficient (Wildman–Crippen LogP) is 2.21. The third-order valence-corrected chi connectivity index (χ3v) is 6.76. The first-order valence-corrected chi connectivity index (χ1v) is 10.1. The molecule has 26 heavy (non-hydrogen) atoms. The Kier molecular flexibility index (Phi) is 5.60. The normalized spacial score (nSPS) is 16.6. The van der Waals surface area contributed by atoms with Crippen LogP contribution in [0.2, 0.25) is 0 Å². The van der Waals surface area contributed by atoms with Crippen molar-refractivity contribution in [1.82, 2.24) is 14.2 Å². The molecule has 0 spiro atoms. The van der Waals surface area contributed by atoms with Crippen molar-refractivity contribution in [3.05, 3.63) is 53.3 Å². The van der Waals surface area contributed by atoms with Crippen LogP contribution in [0.5, 0.6) is 5.75 Å². The molecule has 3 rings (SSSR count). The first-order chi connectivity index (χ1) is 12.4. The molecule has 1 aromatic carbocycles. The van der Waals surface area contributed by atoms with Gasteiger partial charge >= 0.3 is 0 Å². The molecule has 1 saturated heterocycles. The third-order valence-electron chi connectivity index (χ3n) is 4.84. The average molecular weight is 375 g/mol. The fraction of sp³-hybridized carbons (Fsp3) is 0.421. The summed E-state index contributed by atoms with van der Waals surface area (Å²) in [4.78, 5) is 6.82. The van der Waals surface area contributed by atoms with Crippen LogP contribution in [0.3, 0.4) is 0 Å². The van der Waals surface area contributed by atoms with Crippen molar-refractivity contribution >= 4 is 10.0 Å². The van der Waals surface area contributed by atoms with Crippen LogP contribution in [-0.4, -0.2) is 55.9 Å². The van der Waals surface area contributed by atoms with E-state index in [2.05, 4.69) is 9.88 Å². The van der Waals surface area contributed by atoms with E-state index in [4.69, 9.17) is 4.74 Å². The second-order valence-corrected chi connectivity index (χ2v) is 8.49. The molecule has 140 valence electrons. The largest absolute Gasteiger partial charge is 0.495 e. The molecule has 0 saturated carbocycles. The molecule has 0 bridgehead atoms. The van der Waals surface area contributed by atoms with Crippen LogP contribution in [0.1, 0.15) is 16.8 Å². The maximum atomic E-state index is 13.1. The highest BCUT2D eigenvalue weighted by atomic mass is 32.2. The van der Waals surface area contributed by atoms with E-state index < -0.39 is 10.0 Å². The Bertz CT molecular complexity index is 861. The van der Waals surface area contributed by atoms with Gasteiger partial charge in [0.25, 0.3) is 0 Å². The van der Waals surface area contributed by atoms with E-state index >= 15 is 0 Å². The van der Waals surface area contributed by atoms with Crippen LogP contribution in [0, 0.1) is 13.8 Å². The zero-order valence-electron chi connectivity index (χ0n) is 15.5. The van der Waals surface area contributed by atoms with E-state index in [0.29, 0.717) is 31.9 Å². The maximum absolute atomic E-state index is 13.1. The third kappa shape index (κ3) is 3.90. The number of methoxy groups -OCH3 is 1. The number of sulfonamides is 1. The molecule has 6 nitrogen and oxygen atoms in total. The second-order valence-electron chi connectivity index (χ2n) is 6.59. The standard InChI is InChI=1S/C19H25N3O3S/c1-15-12-18(25-3)19(13-16(15)2)26(23,24)22-10-8-21(9-11-22)14-17-6-4-5-7-20-17/h4-7,12-13H,8-11,14H2,1-3H3. The first-order valence-electron chi connectivity index (χ1n) is 8.69. The fourth-order valence-electron chi connectivity index (χ4n) is 3.11. The molecule has 0 radical (unpaired) electrons. The smallest absolute Gasteiger partial charge is 0.246 e. The van der Waals surface area contributed by atoms with E-state index in [0.717, 1.165) is 23.4 Å². The summed E-state index contributed by atoms with van der Waals surface area (Å²) < 4.78 is 33.1. The van der Waals surface area contributed by atoms with E-state index in [1.807, 2.05) is 32.0 Å².